The summed E-state index contributed by atoms with van der Waals surface area (Å²) in [6.07, 6.45) is 0.424. The number of halogens is 1. The fourth-order valence-corrected chi connectivity index (χ4v) is 4.73. The van der Waals surface area contributed by atoms with Crippen LogP contribution in [0.15, 0.2) is 54.6 Å². The minimum Gasteiger partial charge on any atom is -0.457 e. The lowest BCUT2D eigenvalue weighted by atomic mass is 10.2. The average Bonchev–Trinajstić information content (AvgIpc) is 2.97. The van der Waals surface area contributed by atoms with Crippen molar-refractivity contribution >= 4 is 33.0 Å². The molecule has 1 saturated heterocycles. The maximum Gasteiger partial charge on any atom is 0.242 e. The molecule has 0 aromatic heterocycles. The summed E-state index contributed by atoms with van der Waals surface area (Å²) >= 11 is 5.72. The van der Waals surface area contributed by atoms with Crippen LogP contribution in [0.5, 0.6) is 11.5 Å². The lowest BCUT2D eigenvalue weighted by Gasteiger charge is -2.27. The molecule has 1 atom stereocenters. The summed E-state index contributed by atoms with van der Waals surface area (Å²) in [5.41, 5.74) is 0.619. The molecular weight excluding hydrogens is 362 g/mol. The summed E-state index contributed by atoms with van der Waals surface area (Å²) < 4.78 is 29.2. The van der Waals surface area contributed by atoms with Gasteiger partial charge in [0.25, 0.3) is 0 Å². The predicted molar refractivity (Wildman–Crippen MR) is 98.2 cm³/mol. The van der Waals surface area contributed by atoms with Crippen molar-refractivity contribution in [3.8, 4) is 11.5 Å². The SMILES string of the molecule is O=C(CCl)N(c1ccc(Oc2ccccc2)cc1)[C@@H]1CCS(=O)(=O)C1. The number of carbonyl (C=O) groups excluding carboxylic acids is 1. The minimum atomic E-state index is -3.10. The van der Waals surface area contributed by atoms with Gasteiger partial charge in [-0.25, -0.2) is 8.42 Å². The van der Waals surface area contributed by atoms with Crippen molar-refractivity contribution < 1.29 is 17.9 Å². The van der Waals surface area contributed by atoms with Crippen LogP contribution in [-0.4, -0.2) is 37.8 Å². The summed E-state index contributed by atoms with van der Waals surface area (Å²) in [7, 11) is -3.10. The molecule has 0 N–H and O–H groups in total. The van der Waals surface area contributed by atoms with E-state index in [-0.39, 0.29) is 29.3 Å². The lowest BCUT2D eigenvalue weighted by Crippen LogP contribution is -2.42. The number of alkyl halides is 1. The van der Waals surface area contributed by atoms with E-state index in [1.54, 1.807) is 24.3 Å². The van der Waals surface area contributed by atoms with Crippen molar-refractivity contribution in [2.24, 2.45) is 0 Å². The van der Waals surface area contributed by atoms with Gasteiger partial charge in [0.05, 0.1) is 17.5 Å². The first-order chi connectivity index (χ1) is 12.0. The number of hydrogen-bond acceptors (Lipinski definition) is 4. The number of benzene rings is 2. The van der Waals surface area contributed by atoms with Crippen molar-refractivity contribution in [1.82, 2.24) is 0 Å². The first-order valence-corrected chi connectivity index (χ1v) is 10.3. The molecule has 25 heavy (non-hydrogen) atoms. The molecule has 1 amide bonds. The number of carbonyl (C=O) groups is 1. The Morgan fingerprint density at radius 1 is 1.08 bits per heavy atom. The van der Waals surface area contributed by atoms with E-state index >= 15 is 0 Å². The zero-order chi connectivity index (χ0) is 17.9. The monoisotopic (exact) mass is 379 g/mol. The second-order valence-corrected chi connectivity index (χ2v) is 8.36. The van der Waals surface area contributed by atoms with Gasteiger partial charge in [0.2, 0.25) is 5.91 Å². The number of amides is 1. The minimum absolute atomic E-state index is 0.0299. The predicted octanol–water partition coefficient (Wildman–Crippen LogP) is 3.24. The molecule has 0 unspecified atom stereocenters. The van der Waals surface area contributed by atoms with E-state index in [0.29, 0.717) is 23.6 Å². The third-order valence-corrected chi connectivity index (χ3v) is 6.03. The van der Waals surface area contributed by atoms with Gasteiger partial charge in [-0.3, -0.25) is 4.79 Å². The van der Waals surface area contributed by atoms with Gasteiger partial charge in [-0.15, -0.1) is 11.6 Å². The van der Waals surface area contributed by atoms with Gasteiger partial charge in [0, 0.05) is 5.69 Å². The van der Waals surface area contributed by atoms with Crippen LogP contribution in [0.25, 0.3) is 0 Å². The third kappa shape index (κ3) is 4.32. The summed E-state index contributed by atoms with van der Waals surface area (Å²) in [4.78, 5) is 13.7. The Morgan fingerprint density at radius 2 is 1.72 bits per heavy atom. The Kier molecular flexibility index (Phi) is 5.30. The van der Waals surface area contributed by atoms with E-state index < -0.39 is 9.84 Å². The zero-order valence-electron chi connectivity index (χ0n) is 13.5. The molecule has 7 heteroatoms. The van der Waals surface area contributed by atoms with E-state index in [1.165, 1.54) is 4.90 Å². The number of para-hydroxylation sites is 1. The van der Waals surface area contributed by atoms with Crippen molar-refractivity contribution in [2.75, 3.05) is 22.3 Å². The van der Waals surface area contributed by atoms with Gasteiger partial charge < -0.3 is 9.64 Å². The van der Waals surface area contributed by atoms with Crippen LogP contribution in [-0.2, 0) is 14.6 Å². The highest BCUT2D eigenvalue weighted by molar-refractivity contribution is 7.91. The normalized spacial score (nSPS) is 18.7. The molecule has 0 radical (unpaired) electrons. The maximum absolute atomic E-state index is 12.3. The van der Waals surface area contributed by atoms with E-state index in [9.17, 15) is 13.2 Å². The molecule has 5 nitrogen and oxygen atoms in total. The highest BCUT2D eigenvalue weighted by Crippen LogP contribution is 2.28. The van der Waals surface area contributed by atoms with Gasteiger partial charge >= 0.3 is 0 Å². The summed E-state index contributed by atoms with van der Waals surface area (Å²) in [6.45, 7) is 0. The van der Waals surface area contributed by atoms with E-state index in [2.05, 4.69) is 0 Å². The maximum atomic E-state index is 12.3. The van der Waals surface area contributed by atoms with E-state index in [0.717, 1.165) is 0 Å². The molecule has 0 spiro atoms. The number of sulfone groups is 1. The summed E-state index contributed by atoms with van der Waals surface area (Å²) in [5.74, 6) is 0.911. The number of anilines is 1. The fraction of sp³-hybridized carbons (Fsp3) is 0.278. The second kappa shape index (κ2) is 7.45. The second-order valence-electron chi connectivity index (χ2n) is 5.86. The smallest absolute Gasteiger partial charge is 0.242 e. The van der Waals surface area contributed by atoms with Crippen LogP contribution in [0.4, 0.5) is 5.69 Å². The summed E-state index contributed by atoms with van der Waals surface area (Å²) in [5, 5.41) is 0. The topological polar surface area (TPSA) is 63.7 Å². The third-order valence-electron chi connectivity index (χ3n) is 4.05. The van der Waals surface area contributed by atoms with E-state index in [4.69, 9.17) is 16.3 Å². The van der Waals surface area contributed by atoms with Gasteiger partial charge in [-0.05, 0) is 42.8 Å². The Hall–Kier alpha value is -2.05. The Labute approximate surface area is 152 Å². The molecule has 0 saturated carbocycles. The first-order valence-electron chi connectivity index (χ1n) is 7.90. The fourth-order valence-electron chi connectivity index (χ4n) is 2.90. The molecule has 2 aromatic carbocycles. The van der Waals surface area contributed by atoms with Gasteiger partial charge in [-0.2, -0.15) is 0 Å². The van der Waals surface area contributed by atoms with Crippen LogP contribution >= 0.6 is 11.6 Å². The largest absolute Gasteiger partial charge is 0.457 e. The van der Waals surface area contributed by atoms with Crippen LogP contribution in [0, 0.1) is 0 Å². The quantitative estimate of drug-likeness (QED) is 0.748. The van der Waals surface area contributed by atoms with Crippen molar-refractivity contribution in [3.05, 3.63) is 54.6 Å². The van der Waals surface area contributed by atoms with Crippen molar-refractivity contribution in [2.45, 2.75) is 12.5 Å². The van der Waals surface area contributed by atoms with Crippen molar-refractivity contribution in [1.29, 1.82) is 0 Å². The van der Waals surface area contributed by atoms with Crippen molar-refractivity contribution in [3.63, 3.8) is 0 Å². The van der Waals surface area contributed by atoms with Gasteiger partial charge in [-0.1, -0.05) is 18.2 Å². The highest BCUT2D eigenvalue weighted by Gasteiger charge is 2.35. The average molecular weight is 380 g/mol. The Balaban J connectivity index is 1.81. The summed E-state index contributed by atoms with van der Waals surface area (Å²) in [6, 6.07) is 16.0. The highest BCUT2D eigenvalue weighted by atomic mass is 35.5. The number of rotatable bonds is 5. The molecular formula is C18H18ClNO4S. The number of ether oxygens (including phenoxy) is 1. The molecule has 1 heterocycles. The molecule has 3 rings (SSSR count). The number of hydrogen-bond donors (Lipinski definition) is 0. The zero-order valence-corrected chi connectivity index (χ0v) is 15.0. The standard InChI is InChI=1S/C18H18ClNO4S/c19-12-18(21)20(15-10-11-25(22,23)13-15)14-6-8-17(9-7-14)24-16-4-2-1-3-5-16/h1-9,15H,10-13H2/t15-/m1/s1. The molecule has 1 aliphatic heterocycles. The Bertz CT molecular complexity index is 837. The molecule has 2 aromatic rings. The van der Waals surface area contributed by atoms with Crippen LogP contribution in [0.2, 0.25) is 0 Å². The first kappa shape index (κ1) is 17.8. The van der Waals surface area contributed by atoms with Gasteiger partial charge in [0.15, 0.2) is 9.84 Å². The lowest BCUT2D eigenvalue weighted by molar-refractivity contribution is -0.116. The molecule has 1 aliphatic rings. The number of nitrogens with zero attached hydrogens (tertiary/aromatic N) is 1. The van der Waals surface area contributed by atoms with E-state index in [1.807, 2.05) is 30.3 Å². The molecule has 1 fully saturated rings. The molecule has 132 valence electrons. The van der Waals surface area contributed by atoms with Crippen LogP contribution < -0.4 is 9.64 Å². The molecule has 0 bridgehead atoms. The van der Waals surface area contributed by atoms with Crippen LogP contribution in [0.1, 0.15) is 6.42 Å². The van der Waals surface area contributed by atoms with Crippen LogP contribution in [0.3, 0.4) is 0 Å². The molecule has 0 aliphatic carbocycles. The van der Waals surface area contributed by atoms with Gasteiger partial charge in [0.1, 0.15) is 17.4 Å². The Morgan fingerprint density at radius 3 is 2.28 bits per heavy atom.